The minimum atomic E-state index is -1.13. The lowest BCUT2D eigenvalue weighted by Crippen LogP contribution is -2.42. The number of alkyl carbamates (subject to hydrolysis) is 1. The van der Waals surface area contributed by atoms with Crippen LogP contribution < -0.4 is 15.0 Å². The van der Waals surface area contributed by atoms with Crippen molar-refractivity contribution in [2.75, 3.05) is 19.0 Å². The summed E-state index contributed by atoms with van der Waals surface area (Å²) in [5, 5.41) is 12.2. The molecule has 1 aliphatic rings. The summed E-state index contributed by atoms with van der Waals surface area (Å²) in [6.45, 7) is 5.46. The van der Waals surface area contributed by atoms with Crippen molar-refractivity contribution in [2.45, 2.75) is 64.2 Å². The third-order valence-corrected chi connectivity index (χ3v) is 4.04. The van der Waals surface area contributed by atoms with Gasteiger partial charge in [0.2, 0.25) is 11.8 Å². The van der Waals surface area contributed by atoms with Crippen LogP contribution >= 0.6 is 0 Å². The summed E-state index contributed by atoms with van der Waals surface area (Å²) in [6.07, 6.45) is 3.48. The van der Waals surface area contributed by atoms with Gasteiger partial charge in [-0.05, 0) is 46.5 Å². The lowest BCUT2D eigenvalue weighted by Gasteiger charge is -2.30. The molecule has 2 N–H and O–H groups in total. The van der Waals surface area contributed by atoms with Crippen molar-refractivity contribution in [3.8, 4) is 5.88 Å². The molecule has 1 aromatic rings. The van der Waals surface area contributed by atoms with Gasteiger partial charge in [0.15, 0.2) is 0 Å². The molecule has 0 unspecified atom stereocenters. The van der Waals surface area contributed by atoms with Crippen molar-refractivity contribution in [1.29, 1.82) is 0 Å². The SMILES string of the molecule is CN(C)c1ncc(C(=O)O)c(OC2CCC(NC(=O)OC(C)(C)C)CC2)n1. The van der Waals surface area contributed by atoms with Crippen LogP contribution in [0.2, 0.25) is 0 Å². The Morgan fingerprint density at radius 1 is 1.22 bits per heavy atom. The van der Waals surface area contributed by atoms with Gasteiger partial charge in [0, 0.05) is 20.1 Å². The van der Waals surface area contributed by atoms with Crippen molar-refractivity contribution in [2.24, 2.45) is 0 Å². The second kappa shape index (κ2) is 8.41. The third kappa shape index (κ3) is 6.26. The van der Waals surface area contributed by atoms with Crippen molar-refractivity contribution in [1.82, 2.24) is 15.3 Å². The molecule has 1 aromatic heterocycles. The summed E-state index contributed by atoms with van der Waals surface area (Å²) in [7, 11) is 3.54. The zero-order valence-corrected chi connectivity index (χ0v) is 16.5. The molecule has 0 bridgehead atoms. The van der Waals surface area contributed by atoms with Gasteiger partial charge in [0.05, 0.1) is 6.20 Å². The standard InChI is InChI=1S/C18H28N4O5/c1-18(2,3)27-17(25)20-11-6-8-12(9-7-11)26-14-13(15(23)24)10-19-16(21-14)22(4)5/h10-12H,6-9H2,1-5H3,(H,20,25)(H,23,24). The molecule has 9 nitrogen and oxygen atoms in total. The average molecular weight is 380 g/mol. The Morgan fingerprint density at radius 3 is 2.37 bits per heavy atom. The molecule has 1 amide bonds. The zero-order valence-electron chi connectivity index (χ0n) is 16.5. The molecule has 0 spiro atoms. The van der Waals surface area contributed by atoms with Crippen LogP contribution in [0.1, 0.15) is 56.8 Å². The fourth-order valence-electron chi connectivity index (χ4n) is 2.77. The Kier molecular flexibility index (Phi) is 6.45. The van der Waals surface area contributed by atoms with E-state index in [1.54, 1.807) is 19.0 Å². The molecule has 0 radical (unpaired) electrons. The monoisotopic (exact) mass is 380 g/mol. The number of carbonyl (C=O) groups excluding carboxylic acids is 1. The topological polar surface area (TPSA) is 114 Å². The Hall–Kier alpha value is -2.58. The van der Waals surface area contributed by atoms with Gasteiger partial charge in [0.25, 0.3) is 0 Å². The molecule has 2 rings (SSSR count). The molecule has 0 aromatic carbocycles. The Balaban J connectivity index is 1.94. The van der Waals surface area contributed by atoms with Crippen molar-refractivity contribution >= 4 is 18.0 Å². The number of amides is 1. The Bertz CT molecular complexity index is 679. The molecule has 0 aliphatic heterocycles. The van der Waals surface area contributed by atoms with E-state index in [0.29, 0.717) is 18.8 Å². The van der Waals surface area contributed by atoms with Gasteiger partial charge in [-0.3, -0.25) is 0 Å². The van der Waals surface area contributed by atoms with Gasteiger partial charge in [0.1, 0.15) is 17.3 Å². The van der Waals surface area contributed by atoms with E-state index in [0.717, 1.165) is 12.8 Å². The van der Waals surface area contributed by atoms with Crippen molar-refractivity contribution in [3.05, 3.63) is 11.8 Å². The second-order valence-electron chi connectivity index (χ2n) is 7.83. The van der Waals surface area contributed by atoms with Crippen LogP contribution in [-0.2, 0) is 4.74 Å². The number of nitrogens with one attached hydrogen (secondary N) is 1. The number of aromatic carboxylic acids is 1. The largest absolute Gasteiger partial charge is 0.477 e. The quantitative estimate of drug-likeness (QED) is 0.801. The van der Waals surface area contributed by atoms with Crippen LogP contribution in [0.3, 0.4) is 0 Å². The van der Waals surface area contributed by atoms with Crippen LogP contribution in [0.25, 0.3) is 0 Å². The highest BCUT2D eigenvalue weighted by Gasteiger charge is 2.27. The van der Waals surface area contributed by atoms with Crippen LogP contribution in [0.15, 0.2) is 6.20 Å². The van der Waals surface area contributed by atoms with E-state index < -0.39 is 17.7 Å². The predicted molar refractivity (Wildman–Crippen MR) is 99.4 cm³/mol. The second-order valence-corrected chi connectivity index (χ2v) is 7.83. The smallest absolute Gasteiger partial charge is 0.407 e. The summed E-state index contributed by atoms with van der Waals surface area (Å²) >= 11 is 0. The molecule has 1 fully saturated rings. The molecule has 150 valence electrons. The molecule has 1 saturated carbocycles. The van der Waals surface area contributed by atoms with E-state index in [4.69, 9.17) is 9.47 Å². The maximum absolute atomic E-state index is 11.9. The maximum atomic E-state index is 11.9. The molecule has 9 heteroatoms. The van der Waals surface area contributed by atoms with E-state index in [1.165, 1.54) is 6.20 Å². The van der Waals surface area contributed by atoms with E-state index in [9.17, 15) is 14.7 Å². The van der Waals surface area contributed by atoms with E-state index >= 15 is 0 Å². The van der Waals surface area contributed by atoms with E-state index in [1.807, 2.05) is 20.8 Å². The van der Waals surface area contributed by atoms with E-state index in [-0.39, 0.29) is 23.6 Å². The summed E-state index contributed by atoms with van der Waals surface area (Å²) in [5.74, 6) is -0.671. The van der Waals surface area contributed by atoms with Gasteiger partial charge in [-0.1, -0.05) is 0 Å². The first kappa shape index (κ1) is 20.7. The molecule has 0 saturated heterocycles. The normalized spacial score (nSPS) is 19.9. The molecule has 1 heterocycles. The van der Waals surface area contributed by atoms with Gasteiger partial charge in [-0.25, -0.2) is 14.6 Å². The number of aromatic nitrogens is 2. The zero-order chi connectivity index (χ0) is 20.2. The van der Waals surface area contributed by atoms with E-state index in [2.05, 4.69) is 15.3 Å². The maximum Gasteiger partial charge on any atom is 0.407 e. The lowest BCUT2D eigenvalue weighted by molar-refractivity contribution is 0.0466. The third-order valence-electron chi connectivity index (χ3n) is 4.04. The molecular formula is C18H28N4O5. The fraction of sp³-hybridized carbons (Fsp3) is 0.667. The van der Waals surface area contributed by atoms with Crippen LogP contribution in [0, 0.1) is 0 Å². The van der Waals surface area contributed by atoms with Crippen molar-refractivity contribution in [3.63, 3.8) is 0 Å². The van der Waals surface area contributed by atoms with Crippen LogP contribution in [0.5, 0.6) is 5.88 Å². The van der Waals surface area contributed by atoms with Gasteiger partial charge < -0.3 is 24.8 Å². The number of hydrogen-bond donors (Lipinski definition) is 2. The summed E-state index contributed by atoms with van der Waals surface area (Å²) in [5.41, 5.74) is -0.593. The highest BCUT2D eigenvalue weighted by molar-refractivity contribution is 5.89. The minimum Gasteiger partial charge on any atom is -0.477 e. The number of rotatable bonds is 5. The first-order valence-electron chi connectivity index (χ1n) is 8.99. The number of anilines is 1. The average Bonchev–Trinajstić information content (AvgIpc) is 2.54. The first-order valence-corrected chi connectivity index (χ1v) is 8.99. The van der Waals surface area contributed by atoms with Crippen LogP contribution in [-0.4, -0.2) is 59.0 Å². The summed E-state index contributed by atoms with van der Waals surface area (Å²) in [6, 6.07) is 0.0152. The number of carbonyl (C=O) groups is 2. The number of carboxylic acids is 1. The molecule has 1 aliphatic carbocycles. The molecular weight excluding hydrogens is 352 g/mol. The number of nitrogens with zero attached hydrogens (tertiary/aromatic N) is 3. The van der Waals surface area contributed by atoms with Crippen molar-refractivity contribution < 1.29 is 24.2 Å². The van der Waals surface area contributed by atoms with Gasteiger partial charge in [-0.15, -0.1) is 0 Å². The Morgan fingerprint density at radius 2 is 1.85 bits per heavy atom. The van der Waals surface area contributed by atoms with Gasteiger partial charge >= 0.3 is 12.1 Å². The number of carboxylic acid groups (broad SMARTS) is 1. The van der Waals surface area contributed by atoms with Crippen LogP contribution in [0.4, 0.5) is 10.7 Å². The molecule has 27 heavy (non-hydrogen) atoms. The predicted octanol–water partition coefficient (Wildman–Crippen LogP) is 2.46. The minimum absolute atomic E-state index is 0.0152. The first-order chi connectivity index (χ1) is 12.5. The van der Waals surface area contributed by atoms with Gasteiger partial charge in [-0.2, -0.15) is 4.98 Å². The summed E-state index contributed by atoms with van der Waals surface area (Å²) < 4.78 is 11.1. The highest BCUT2D eigenvalue weighted by atomic mass is 16.6. The highest BCUT2D eigenvalue weighted by Crippen LogP contribution is 2.26. The fourth-order valence-corrected chi connectivity index (χ4v) is 2.77. The number of hydrogen-bond acceptors (Lipinski definition) is 7. The lowest BCUT2D eigenvalue weighted by atomic mass is 9.93. The number of ether oxygens (including phenoxy) is 2. The molecule has 0 atom stereocenters. The Labute approximate surface area is 159 Å². The summed E-state index contributed by atoms with van der Waals surface area (Å²) in [4.78, 5) is 33.2.